The van der Waals surface area contributed by atoms with Crippen LogP contribution in [0.3, 0.4) is 0 Å². The van der Waals surface area contributed by atoms with E-state index in [-0.39, 0.29) is 6.42 Å². The number of esters is 4. The molecule has 0 aliphatic heterocycles. The molecule has 0 heterocycles. The highest BCUT2D eigenvalue weighted by molar-refractivity contribution is 5.93. The number of unbranched alkanes of at least 4 members (excludes halogenated alkanes) is 14. The van der Waals surface area contributed by atoms with Crippen LogP contribution in [0.15, 0.2) is 0 Å². The van der Waals surface area contributed by atoms with Crippen molar-refractivity contribution >= 4 is 23.9 Å². The van der Waals surface area contributed by atoms with E-state index in [0.29, 0.717) is 6.42 Å². The highest BCUT2D eigenvalue weighted by Crippen LogP contribution is 2.21. The van der Waals surface area contributed by atoms with Gasteiger partial charge in [-0.3, -0.25) is 14.4 Å². The second-order valence-corrected chi connectivity index (χ2v) is 10.9. The molecule has 246 valence electrons. The first kappa shape index (κ1) is 39.9. The molecule has 12 heteroatoms. The third-order valence-electron chi connectivity index (χ3n) is 6.73. The lowest BCUT2D eigenvalue weighted by Crippen LogP contribution is -2.46. The van der Waals surface area contributed by atoms with Crippen molar-refractivity contribution in [3.63, 3.8) is 0 Å². The van der Waals surface area contributed by atoms with Crippen molar-refractivity contribution in [2.75, 3.05) is 26.4 Å². The van der Waals surface area contributed by atoms with E-state index in [1.807, 2.05) is 0 Å². The van der Waals surface area contributed by atoms with Crippen molar-refractivity contribution < 1.29 is 58.9 Å². The predicted molar refractivity (Wildman–Crippen MR) is 153 cm³/mol. The molecule has 0 aliphatic rings. The summed E-state index contributed by atoms with van der Waals surface area (Å²) in [4.78, 5) is 48.9. The maximum Gasteiger partial charge on any atom is 0.339 e. The molecular weight excluding hydrogens is 552 g/mol. The second kappa shape index (κ2) is 25.4. The van der Waals surface area contributed by atoms with Gasteiger partial charge in [0.2, 0.25) is 0 Å². The topological polar surface area (TPSA) is 197 Å². The van der Waals surface area contributed by atoms with Crippen LogP contribution in [0.25, 0.3) is 0 Å². The van der Waals surface area contributed by atoms with E-state index in [9.17, 15) is 34.5 Å². The Bertz CT molecular complexity index is 744. The number of carbonyl (C=O) groups is 4. The summed E-state index contributed by atoms with van der Waals surface area (Å²) in [7, 11) is 0. The summed E-state index contributed by atoms with van der Waals surface area (Å²) in [5.41, 5.74) is -2.80. The third-order valence-corrected chi connectivity index (χ3v) is 6.73. The van der Waals surface area contributed by atoms with Gasteiger partial charge in [0.1, 0.15) is 25.4 Å². The van der Waals surface area contributed by atoms with Gasteiger partial charge >= 0.3 is 23.9 Å². The van der Waals surface area contributed by atoms with Gasteiger partial charge in [-0.05, 0) is 6.42 Å². The maximum atomic E-state index is 12.4. The summed E-state index contributed by atoms with van der Waals surface area (Å²) in [6, 6.07) is 0. The van der Waals surface area contributed by atoms with Gasteiger partial charge in [0, 0.05) is 6.42 Å². The van der Waals surface area contributed by atoms with Crippen LogP contribution in [-0.4, -0.2) is 93.6 Å². The van der Waals surface area contributed by atoms with E-state index in [4.69, 9.17) is 14.9 Å². The largest absolute Gasteiger partial charge is 0.463 e. The Labute approximate surface area is 249 Å². The van der Waals surface area contributed by atoms with Gasteiger partial charge in [-0.2, -0.15) is 0 Å². The zero-order chi connectivity index (χ0) is 31.6. The molecule has 0 saturated carbocycles. The molecular formula is C30H54O12. The van der Waals surface area contributed by atoms with Gasteiger partial charge in [-0.25, -0.2) is 4.79 Å². The number of aliphatic hydroxyl groups excluding tert-OH is 4. The fraction of sp³-hybridized carbons (Fsp3) is 0.867. The van der Waals surface area contributed by atoms with E-state index in [0.717, 1.165) is 25.7 Å². The molecule has 0 aromatic carbocycles. The lowest BCUT2D eigenvalue weighted by molar-refractivity contribution is -0.182. The quantitative estimate of drug-likeness (QED) is 0.0397. The molecule has 0 spiro atoms. The molecule has 0 aromatic rings. The number of rotatable bonds is 27. The normalized spacial score (nSPS) is 14.0. The number of carbonyl (C=O) groups excluding carboxylic acids is 4. The van der Waals surface area contributed by atoms with Gasteiger partial charge in [0.15, 0.2) is 5.60 Å². The monoisotopic (exact) mass is 606 g/mol. The zero-order valence-electron chi connectivity index (χ0n) is 25.3. The highest BCUT2D eigenvalue weighted by Gasteiger charge is 2.44. The molecule has 0 aromatic heterocycles. The van der Waals surface area contributed by atoms with Gasteiger partial charge in [-0.1, -0.05) is 96.8 Å². The van der Waals surface area contributed by atoms with Crippen LogP contribution in [0.2, 0.25) is 0 Å². The van der Waals surface area contributed by atoms with E-state index >= 15 is 0 Å². The van der Waals surface area contributed by atoms with E-state index in [2.05, 4.69) is 16.4 Å². The minimum absolute atomic E-state index is 0.0311. The molecule has 42 heavy (non-hydrogen) atoms. The first-order chi connectivity index (χ1) is 20.1. The smallest absolute Gasteiger partial charge is 0.339 e. The van der Waals surface area contributed by atoms with Crippen LogP contribution in [0.5, 0.6) is 0 Å². The van der Waals surface area contributed by atoms with Gasteiger partial charge < -0.3 is 39.7 Å². The lowest BCUT2D eigenvalue weighted by Gasteiger charge is -2.24. The standard InChI is InChI=1S/C30H54O12/c1-2-3-4-5-6-7-8-9-10-11-12-13-14-15-16-17-26(35)42-28(37)19-30(39,29(38)41-23-25(34)21-32)18-27(36)40-22-24(33)20-31/h24-25,31-34,39H,2-23H2,1H3. The van der Waals surface area contributed by atoms with Crippen LogP contribution in [0.1, 0.15) is 122 Å². The third kappa shape index (κ3) is 21.6. The molecule has 0 radical (unpaired) electrons. The van der Waals surface area contributed by atoms with E-state index in [1.165, 1.54) is 64.2 Å². The Morgan fingerprint density at radius 1 is 0.595 bits per heavy atom. The zero-order valence-corrected chi connectivity index (χ0v) is 25.3. The SMILES string of the molecule is CCCCCCCCCCCCCCCCCC(=O)OC(=O)CC(O)(CC(=O)OCC(O)CO)C(=O)OCC(O)CO. The molecule has 5 N–H and O–H groups in total. The average molecular weight is 607 g/mol. The molecule has 3 unspecified atom stereocenters. The Balaban J connectivity index is 4.34. The van der Waals surface area contributed by atoms with Crippen LogP contribution in [0, 0.1) is 0 Å². The molecule has 3 atom stereocenters. The average Bonchev–Trinajstić information content (AvgIpc) is 2.95. The van der Waals surface area contributed by atoms with E-state index in [1.54, 1.807) is 0 Å². The van der Waals surface area contributed by atoms with Crippen molar-refractivity contribution in [2.45, 2.75) is 140 Å². The Morgan fingerprint density at radius 2 is 1.00 bits per heavy atom. The number of hydrogen-bond acceptors (Lipinski definition) is 12. The summed E-state index contributed by atoms with van der Waals surface area (Å²) in [5.74, 6) is -4.80. The molecule has 0 aliphatic carbocycles. The fourth-order valence-electron chi connectivity index (χ4n) is 4.19. The summed E-state index contributed by atoms with van der Waals surface area (Å²) in [6.45, 7) is -0.589. The van der Waals surface area contributed by atoms with E-state index < -0.39 is 81.0 Å². The second-order valence-electron chi connectivity index (χ2n) is 10.9. The van der Waals surface area contributed by atoms with Crippen LogP contribution >= 0.6 is 0 Å². The number of hydrogen-bond donors (Lipinski definition) is 5. The molecule has 12 nitrogen and oxygen atoms in total. The summed E-state index contributed by atoms with van der Waals surface area (Å²) in [5, 5.41) is 47.0. The van der Waals surface area contributed by atoms with Crippen molar-refractivity contribution in [2.24, 2.45) is 0 Å². The first-order valence-electron chi connectivity index (χ1n) is 15.4. The molecule has 0 saturated heterocycles. The van der Waals surface area contributed by atoms with Crippen LogP contribution in [-0.2, 0) is 33.4 Å². The predicted octanol–water partition coefficient (Wildman–Crippen LogP) is 2.62. The van der Waals surface area contributed by atoms with Gasteiger partial charge in [0.05, 0.1) is 26.1 Å². The molecule has 0 rings (SSSR count). The lowest BCUT2D eigenvalue weighted by atomic mass is 9.95. The minimum atomic E-state index is -2.80. The Morgan fingerprint density at radius 3 is 1.45 bits per heavy atom. The van der Waals surface area contributed by atoms with Crippen LogP contribution in [0.4, 0.5) is 0 Å². The molecule has 0 bridgehead atoms. The van der Waals surface area contributed by atoms with Gasteiger partial charge in [-0.15, -0.1) is 0 Å². The van der Waals surface area contributed by atoms with Crippen molar-refractivity contribution in [1.82, 2.24) is 0 Å². The highest BCUT2D eigenvalue weighted by atomic mass is 16.6. The Hall–Kier alpha value is -2.12. The fourth-order valence-corrected chi connectivity index (χ4v) is 4.19. The molecule has 0 fully saturated rings. The van der Waals surface area contributed by atoms with Crippen molar-refractivity contribution in [3.05, 3.63) is 0 Å². The van der Waals surface area contributed by atoms with Crippen molar-refractivity contribution in [1.29, 1.82) is 0 Å². The summed E-state index contributed by atoms with van der Waals surface area (Å²) < 4.78 is 14.0. The summed E-state index contributed by atoms with van der Waals surface area (Å²) >= 11 is 0. The first-order valence-corrected chi connectivity index (χ1v) is 15.4. The number of ether oxygens (including phenoxy) is 3. The maximum absolute atomic E-state index is 12.4. The molecule has 0 amide bonds. The minimum Gasteiger partial charge on any atom is -0.463 e. The van der Waals surface area contributed by atoms with Gasteiger partial charge in [0.25, 0.3) is 0 Å². The van der Waals surface area contributed by atoms with Crippen molar-refractivity contribution in [3.8, 4) is 0 Å². The summed E-state index contributed by atoms with van der Waals surface area (Å²) in [6.07, 6.45) is 12.3. The Kier molecular flexibility index (Phi) is 24.1. The number of aliphatic hydroxyl groups is 5. The van der Waals surface area contributed by atoms with Crippen LogP contribution < -0.4 is 0 Å².